The number of nitrogens with zero attached hydrogens (tertiary/aromatic N) is 2. The van der Waals surface area contributed by atoms with Gasteiger partial charge in [-0.2, -0.15) is 0 Å². The third kappa shape index (κ3) is 4.70. The second-order valence-corrected chi connectivity index (χ2v) is 6.25. The number of aliphatic hydroxyl groups is 1. The third-order valence-corrected chi connectivity index (χ3v) is 4.36. The molecule has 1 saturated heterocycles. The molecule has 1 aromatic rings. The number of piperidine rings is 1. The molecule has 1 aliphatic heterocycles. The zero-order valence-electron chi connectivity index (χ0n) is 13.5. The largest absolute Gasteiger partial charge is 0.392 e. The van der Waals surface area contributed by atoms with E-state index in [0.29, 0.717) is 12.6 Å². The molecule has 1 aliphatic rings. The van der Waals surface area contributed by atoms with Crippen LogP contribution in [0.1, 0.15) is 25.3 Å². The number of hydrogen-bond acceptors (Lipinski definition) is 4. The highest BCUT2D eigenvalue weighted by atomic mass is 16.3. The molecule has 0 amide bonds. The lowest BCUT2D eigenvalue weighted by Gasteiger charge is -2.37. The van der Waals surface area contributed by atoms with E-state index in [9.17, 15) is 5.11 Å². The van der Waals surface area contributed by atoms with E-state index in [1.165, 1.54) is 37.2 Å². The Hall–Kier alpha value is -1.10. The van der Waals surface area contributed by atoms with Gasteiger partial charge in [0, 0.05) is 31.9 Å². The van der Waals surface area contributed by atoms with E-state index in [4.69, 9.17) is 0 Å². The van der Waals surface area contributed by atoms with E-state index in [1.807, 2.05) is 6.92 Å². The smallest absolute Gasteiger partial charge is 0.0636 e. The van der Waals surface area contributed by atoms with E-state index in [-0.39, 0.29) is 6.10 Å². The summed E-state index contributed by atoms with van der Waals surface area (Å²) in [5, 5.41) is 12.7. The zero-order valence-corrected chi connectivity index (χ0v) is 13.5. The Balaban J connectivity index is 2.01. The molecule has 0 aromatic heterocycles. The number of anilines is 1. The topological polar surface area (TPSA) is 38.7 Å². The number of rotatable bonds is 6. The van der Waals surface area contributed by atoms with Gasteiger partial charge in [0.2, 0.25) is 0 Å². The molecule has 1 heterocycles. The van der Waals surface area contributed by atoms with Crippen molar-refractivity contribution in [2.24, 2.45) is 0 Å². The van der Waals surface area contributed by atoms with Crippen LogP contribution in [-0.2, 0) is 6.54 Å². The summed E-state index contributed by atoms with van der Waals surface area (Å²) in [5.74, 6) is 0. The Labute approximate surface area is 128 Å². The van der Waals surface area contributed by atoms with E-state index in [0.717, 1.165) is 6.54 Å². The Morgan fingerprint density at radius 1 is 1.33 bits per heavy atom. The standard InChI is InChI=1S/C17H29N3O/c1-14(21)12-18-13-15-6-4-5-7-17(15)20(3)16-8-10-19(2)11-9-16/h4-7,14,16,18,21H,8-13H2,1-3H3. The Morgan fingerprint density at radius 3 is 2.67 bits per heavy atom. The van der Waals surface area contributed by atoms with Crippen LogP contribution in [0.15, 0.2) is 24.3 Å². The normalized spacial score (nSPS) is 18.7. The van der Waals surface area contributed by atoms with Crippen LogP contribution in [0.5, 0.6) is 0 Å². The fourth-order valence-corrected chi connectivity index (χ4v) is 3.00. The Morgan fingerprint density at radius 2 is 2.00 bits per heavy atom. The molecule has 1 aromatic carbocycles. The van der Waals surface area contributed by atoms with Crippen molar-refractivity contribution in [2.45, 2.75) is 38.5 Å². The molecular weight excluding hydrogens is 262 g/mol. The predicted octanol–water partition coefficient (Wildman–Crippen LogP) is 1.69. The first kappa shape index (κ1) is 16.3. The van der Waals surface area contributed by atoms with Crippen molar-refractivity contribution in [3.05, 3.63) is 29.8 Å². The second kappa shape index (κ2) is 7.78. The van der Waals surface area contributed by atoms with Crippen LogP contribution in [0.4, 0.5) is 5.69 Å². The van der Waals surface area contributed by atoms with Crippen molar-refractivity contribution < 1.29 is 5.11 Å². The van der Waals surface area contributed by atoms with Crippen LogP contribution in [0.25, 0.3) is 0 Å². The first-order chi connectivity index (χ1) is 10.1. The van der Waals surface area contributed by atoms with Gasteiger partial charge in [-0.15, -0.1) is 0 Å². The quantitative estimate of drug-likeness (QED) is 0.836. The van der Waals surface area contributed by atoms with Crippen molar-refractivity contribution in [1.82, 2.24) is 10.2 Å². The summed E-state index contributed by atoms with van der Waals surface area (Å²) in [6, 6.07) is 9.21. The van der Waals surface area contributed by atoms with Gasteiger partial charge in [-0.1, -0.05) is 18.2 Å². The number of benzene rings is 1. The van der Waals surface area contributed by atoms with Crippen LogP contribution in [0.3, 0.4) is 0 Å². The molecular formula is C17H29N3O. The third-order valence-electron chi connectivity index (χ3n) is 4.36. The lowest BCUT2D eigenvalue weighted by Crippen LogP contribution is -2.42. The van der Waals surface area contributed by atoms with Crippen molar-refractivity contribution in [1.29, 1.82) is 0 Å². The fourth-order valence-electron chi connectivity index (χ4n) is 3.00. The molecule has 118 valence electrons. The van der Waals surface area contributed by atoms with Gasteiger partial charge in [0.25, 0.3) is 0 Å². The lowest BCUT2D eigenvalue weighted by molar-refractivity contribution is 0.191. The molecule has 21 heavy (non-hydrogen) atoms. The summed E-state index contributed by atoms with van der Waals surface area (Å²) in [5.41, 5.74) is 2.62. The van der Waals surface area contributed by atoms with Crippen molar-refractivity contribution in [3.8, 4) is 0 Å². The van der Waals surface area contributed by atoms with Crippen LogP contribution >= 0.6 is 0 Å². The van der Waals surface area contributed by atoms with Crippen molar-refractivity contribution in [3.63, 3.8) is 0 Å². The maximum absolute atomic E-state index is 9.36. The minimum Gasteiger partial charge on any atom is -0.392 e. The van der Waals surface area contributed by atoms with Crippen LogP contribution in [0, 0.1) is 0 Å². The van der Waals surface area contributed by atoms with E-state index in [2.05, 4.69) is 53.5 Å². The minimum absolute atomic E-state index is 0.302. The monoisotopic (exact) mass is 291 g/mol. The van der Waals surface area contributed by atoms with Gasteiger partial charge in [0.05, 0.1) is 6.10 Å². The van der Waals surface area contributed by atoms with Crippen LogP contribution in [0.2, 0.25) is 0 Å². The zero-order chi connectivity index (χ0) is 15.2. The van der Waals surface area contributed by atoms with Crippen LogP contribution in [-0.4, -0.2) is 55.9 Å². The molecule has 0 spiro atoms. The van der Waals surface area contributed by atoms with E-state index < -0.39 is 0 Å². The van der Waals surface area contributed by atoms with Gasteiger partial charge < -0.3 is 20.2 Å². The number of nitrogens with one attached hydrogen (secondary N) is 1. The second-order valence-electron chi connectivity index (χ2n) is 6.25. The highest BCUT2D eigenvalue weighted by molar-refractivity contribution is 5.53. The van der Waals surface area contributed by atoms with Crippen molar-refractivity contribution >= 4 is 5.69 Å². The van der Waals surface area contributed by atoms with Gasteiger partial charge >= 0.3 is 0 Å². The molecule has 4 nitrogen and oxygen atoms in total. The number of likely N-dealkylation sites (tertiary alicyclic amines) is 1. The summed E-state index contributed by atoms with van der Waals surface area (Å²) in [6.07, 6.45) is 2.15. The fraction of sp³-hybridized carbons (Fsp3) is 0.647. The summed E-state index contributed by atoms with van der Waals surface area (Å²) in [6.45, 7) is 5.60. The molecule has 2 N–H and O–H groups in total. The molecule has 0 aliphatic carbocycles. The maximum Gasteiger partial charge on any atom is 0.0636 e. The van der Waals surface area contributed by atoms with E-state index >= 15 is 0 Å². The molecule has 2 rings (SSSR count). The minimum atomic E-state index is -0.302. The summed E-state index contributed by atoms with van der Waals surface area (Å²) >= 11 is 0. The molecule has 0 radical (unpaired) electrons. The molecule has 1 atom stereocenters. The molecule has 1 fully saturated rings. The first-order valence-corrected chi connectivity index (χ1v) is 7.96. The van der Waals surface area contributed by atoms with Gasteiger partial charge in [0.1, 0.15) is 0 Å². The summed E-state index contributed by atoms with van der Waals surface area (Å²) in [7, 11) is 4.41. The van der Waals surface area contributed by atoms with Gasteiger partial charge in [-0.05, 0) is 51.5 Å². The SMILES string of the molecule is CC(O)CNCc1ccccc1N(C)C1CCN(C)CC1. The maximum atomic E-state index is 9.36. The number of para-hydroxylation sites is 1. The average molecular weight is 291 g/mol. The molecule has 0 saturated carbocycles. The Bertz CT molecular complexity index is 428. The lowest BCUT2D eigenvalue weighted by atomic mass is 10.0. The highest BCUT2D eigenvalue weighted by Crippen LogP contribution is 2.25. The van der Waals surface area contributed by atoms with Gasteiger partial charge in [-0.25, -0.2) is 0 Å². The predicted molar refractivity (Wildman–Crippen MR) is 88.8 cm³/mol. The average Bonchev–Trinajstić information content (AvgIpc) is 2.47. The molecule has 1 unspecified atom stereocenters. The van der Waals surface area contributed by atoms with E-state index in [1.54, 1.807) is 0 Å². The summed E-state index contributed by atoms with van der Waals surface area (Å²) < 4.78 is 0. The van der Waals surface area contributed by atoms with Gasteiger partial charge in [0.15, 0.2) is 0 Å². The number of hydrogen-bond donors (Lipinski definition) is 2. The first-order valence-electron chi connectivity index (χ1n) is 7.96. The van der Waals surface area contributed by atoms with Gasteiger partial charge in [-0.3, -0.25) is 0 Å². The summed E-state index contributed by atoms with van der Waals surface area (Å²) in [4.78, 5) is 4.84. The number of aliphatic hydroxyl groups excluding tert-OH is 1. The molecule has 4 heteroatoms. The molecule has 0 bridgehead atoms. The van der Waals surface area contributed by atoms with Crippen molar-refractivity contribution in [2.75, 3.05) is 38.6 Å². The highest BCUT2D eigenvalue weighted by Gasteiger charge is 2.21. The Kier molecular flexibility index (Phi) is 6.03. The van der Waals surface area contributed by atoms with Crippen LogP contribution < -0.4 is 10.2 Å².